The average Bonchev–Trinajstić information content (AvgIpc) is 3.19. The minimum absolute atomic E-state index is 0.193. The molecule has 1 fully saturated rings. The van der Waals surface area contributed by atoms with E-state index in [-0.39, 0.29) is 24.2 Å². The van der Waals surface area contributed by atoms with Crippen molar-refractivity contribution in [1.82, 2.24) is 5.32 Å². The molecule has 4 rings (SSSR count). The first-order valence-electron chi connectivity index (χ1n) is 10.2. The van der Waals surface area contributed by atoms with Crippen LogP contribution in [-0.4, -0.2) is 30.7 Å². The van der Waals surface area contributed by atoms with Crippen molar-refractivity contribution in [2.75, 3.05) is 19.0 Å². The second-order valence-electron chi connectivity index (χ2n) is 7.09. The maximum atomic E-state index is 12.9. The van der Waals surface area contributed by atoms with Crippen molar-refractivity contribution in [1.29, 1.82) is 0 Å². The average molecular weight is 478 g/mol. The van der Waals surface area contributed by atoms with Gasteiger partial charge in [0.15, 0.2) is 11.8 Å². The van der Waals surface area contributed by atoms with Gasteiger partial charge in [-0.15, -0.1) is 0 Å². The summed E-state index contributed by atoms with van der Waals surface area (Å²) in [6, 6.07) is 19.7. The van der Waals surface area contributed by atoms with E-state index in [1.807, 2.05) is 0 Å². The van der Waals surface area contributed by atoms with Crippen LogP contribution in [-0.2, 0) is 9.59 Å². The van der Waals surface area contributed by atoms with E-state index in [9.17, 15) is 14.0 Å². The summed E-state index contributed by atoms with van der Waals surface area (Å²) in [5, 5.41) is 5.87. The van der Waals surface area contributed by atoms with Crippen molar-refractivity contribution in [3.8, 4) is 11.5 Å². The minimum Gasteiger partial charge on any atom is -0.497 e. The predicted molar refractivity (Wildman–Crippen MR) is 131 cm³/mol. The number of amides is 2. The van der Waals surface area contributed by atoms with Crippen LogP contribution in [0.15, 0.2) is 82.7 Å². The van der Waals surface area contributed by atoms with Crippen molar-refractivity contribution < 1.29 is 23.5 Å². The third-order valence-corrected chi connectivity index (χ3v) is 5.54. The lowest BCUT2D eigenvalue weighted by atomic mass is 10.2. The number of hydrogen-bond acceptors (Lipinski definition) is 6. The zero-order valence-corrected chi connectivity index (χ0v) is 18.9. The molecule has 1 aliphatic heterocycles. The van der Waals surface area contributed by atoms with Gasteiger partial charge in [-0.25, -0.2) is 9.38 Å². The fourth-order valence-corrected chi connectivity index (χ4v) is 3.79. The quantitative estimate of drug-likeness (QED) is 0.480. The van der Waals surface area contributed by atoms with Gasteiger partial charge in [0.1, 0.15) is 17.3 Å². The number of rotatable bonds is 7. The van der Waals surface area contributed by atoms with Gasteiger partial charge in [0, 0.05) is 5.69 Å². The molecule has 0 bridgehead atoms. The predicted octanol–water partition coefficient (Wildman–Crippen LogP) is 4.74. The van der Waals surface area contributed by atoms with Crippen LogP contribution in [0.1, 0.15) is 5.56 Å². The van der Waals surface area contributed by atoms with E-state index in [1.165, 1.54) is 36.0 Å². The number of carbonyl (C=O) groups excluding carboxylic acids is 2. The standard InChI is InChI=1S/C25H20FN3O4S/c1-32-20-12-8-19(9-13-20)28-25-29-24(31)22(34-25)14-16-2-10-21(11-3-16)33-15-23(30)27-18-6-4-17(26)5-7-18/h2-14H,15H2,1H3,(H,27,30)(H,28,29,31)/b22-14+. The van der Waals surface area contributed by atoms with Gasteiger partial charge in [-0.05, 0) is 84.1 Å². The molecule has 0 saturated carbocycles. The molecule has 34 heavy (non-hydrogen) atoms. The number of nitrogens with zero attached hydrogens (tertiary/aromatic N) is 1. The van der Waals surface area contributed by atoms with Gasteiger partial charge in [-0.2, -0.15) is 0 Å². The lowest BCUT2D eigenvalue weighted by molar-refractivity contribution is -0.118. The molecule has 3 aromatic rings. The first-order chi connectivity index (χ1) is 16.5. The summed E-state index contributed by atoms with van der Waals surface area (Å²) in [5.74, 6) is 0.268. The number of ether oxygens (including phenoxy) is 2. The Bertz CT molecular complexity index is 1240. The van der Waals surface area contributed by atoms with Crippen LogP contribution in [0.4, 0.5) is 15.8 Å². The first-order valence-corrected chi connectivity index (χ1v) is 11.0. The number of amidine groups is 1. The number of methoxy groups -OCH3 is 1. The molecule has 9 heteroatoms. The molecule has 3 aromatic carbocycles. The van der Waals surface area contributed by atoms with E-state index in [4.69, 9.17) is 9.47 Å². The molecule has 0 atom stereocenters. The highest BCUT2D eigenvalue weighted by atomic mass is 32.2. The van der Waals surface area contributed by atoms with Gasteiger partial charge in [0.05, 0.1) is 17.7 Å². The molecule has 1 saturated heterocycles. The Hall–Kier alpha value is -4.11. The summed E-state index contributed by atoms with van der Waals surface area (Å²) in [6.45, 7) is -0.193. The van der Waals surface area contributed by atoms with E-state index >= 15 is 0 Å². The Labute approximate surface area is 199 Å². The highest BCUT2D eigenvalue weighted by molar-refractivity contribution is 8.18. The van der Waals surface area contributed by atoms with Crippen LogP contribution in [0, 0.1) is 5.82 Å². The summed E-state index contributed by atoms with van der Waals surface area (Å²) < 4.78 is 23.6. The van der Waals surface area contributed by atoms with Gasteiger partial charge in [-0.1, -0.05) is 12.1 Å². The van der Waals surface area contributed by atoms with Gasteiger partial charge in [0.25, 0.3) is 11.8 Å². The Morgan fingerprint density at radius 2 is 1.71 bits per heavy atom. The Morgan fingerprint density at radius 3 is 2.38 bits per heavy atom. The van der Waals surface area contributed by atoms with Crippen LogP contribution in [0.5, 0.6) is 11.5 Å². The molecule has 2 N–H and O–H groups in total. The van der Waals surface area contributed by atoms with E-state index in [1.54, 1.807) is 61.7 Å². The van der Waals surface area contributed by atoms with E-state index in [0.29, 0.717) is 27.2 Å². The third-order valence-electron chi connectivity index (χ3n) is 4.63. The van der Waals surface area contributed by atoms with Gasteiger partial charge in [-0.3, -0.25) is 9.59 Å². The Kier molecular flexibility index (Phi) is 7.24. The number of hydrogen-bond donors (Lipinski definition) is 2. The molecule has 0 aromatic heterocycles. The normalized spacial score (nSPS) is 15.3. The van der Waals surface area contributed by atoms with E-state index in [0.717, 1.165) is 11.3 Å². The third kappa shape index (κ3) is 6.23. The molecule has 0 spiro atoms. The number of carbonyl (C=O) groups is 2. The maximum Gasteiger partial charge on any atom is 0.264 e. The van der Waals surface area contributed by atoms with Crippen LogP contribution in [0.3, 0.4) is 0 Å². The Balaban J connectivity index is 1.32. The fourth-order valence-electron chi connectivity index (χ4n) is 2.95. The first kappa shape index (κ1) is 23.1. The van der Waals surface area contributed by atoms with E-state index in [2.05, 4.69) is 15.6 Å². The number of halogens is 1. The molecule has 0 radical (unpaired) electrons. The monoisotopic (exact) mass is 477 g/mol. The molecule has 0 unspecified atom stereocenters. The summed E-state index contributed by atoms with van der Waals surface area (Å²) in [6.07, 6.45) is 1.75. The number of benzene rings is 3. The number of anilines is 1. The van der Waals surface area contributed by atoms with Crippen LogP contribution >= 0.6 is 11.8 Å². The maximum absolute atomic E-state index is 12.9. The van der Waals surface area contributed by atoms with Gasteiger partial charge in [0.2, 0.25) is 0 Å². The molecular weight excluding hydrogens is 457 g/mol. The minimum atomic E-state index is -0.376. The van der Waals surface area contributed by atoms with Crippen molar-refractivity contribution in [2.45, 2.75) is 0 Å². The largest absolute Gasteiger partial charge is 0.497 e. The summed E-state index contributed by atoms with van der Waals surface area (Å²) in [5.41, 5.74) is 1.99. The molecule has 2 amide bonds. The molecular formula is C25H20FN3O4S. The lowest BCUT2D eigenvalue weighted by Gasteiger charge is -2.08. The molecule has 172 valence electrons. The lowest BCUT2D eigenvalue weighted by Crippen LogP contribution is -2.20. The van der Waals surface area contributed by atoms with Gasteiger partial charge < -0.3 is 20.1 Å². The fraction of sp³-hybridized carbons (Fsp3) is 0.0800. The molecule has 1 aliphatic rings. The van der Waals surface area contributed by atoms with Gasteiger partial charge >= 0.3 is 0 Å². The van der Waals surface area contributed by atoms with Crippen molar-refractivity contribution in [2.24, 2.45) is 4.99 Å². The summed E-state index contributed by atoms with van der Waals surface area (Å²) >= 11 is 1.25. The van der Waals surface area contributed by atoms with Crippen LogP contribution < -0.4 is 20.1 Å². The van der Waals surface area contributed by atoms with Crippen LogP contribution in [0.25, 0.3) is 6.08 Å². The van der Waals surface area contributed by atoms with Crippen molar-refractivity contribution >= 4 is 46.2 Å². The second kappa shape index (κ2) is 10.7. The zero-order chi connectivity index (χ0) is 23.9. The topological polar surface area (TPSA) is 89.0 Å². The summed E-state index contributed by atoms with van der Waals surface area (Å²) in [4.78, 5) is 29.2. The SMILES string of the molecule is COc1ccc(N=C2NC(=O)/C(=C\c3ccc(OCC(=O)Nc4ccc(F)cc4)cc3)S2)cc1. The smallest absolute Gasteiger partial charge is 0.264 e. The van der Waals surface area contributed by atoms with Crippen molar-refractivity contribution in [3.63, 3.8) is 0 Å². The highest BCUT2D eigenvalue weighted by Gasteiger charge is 2.23. The number of nitrogens with one attached hydrogen (secondary N) is 2. The Morgan fingerprint density at radius 1 is 1.03 bits per heavy atom. The summed E-state index contributed by atoms with van der Waals surface area (Å²) in [7, 11) is 1.59. The molecule has 7 nitrogen and oxygen atoms in total. The molecule has 1 heterocycles. The number of thioether (sulfide) groups is 1. The highest BCUT2D eigenvalue weighted by Crippen LogP contribution is 2.29. The van der Waals surface area contributed by atoms with Crippen LogP contribution in [0.2, 0.25) is 0 Å². The molecule has 0 aliphatic carbocycles. The number of aliphatic imine (C=N–C) groups is 1. The van der Waals surface area contributed by atoms with Crippen molar-refractivity contribution in [3.05, 3.63) is 89.1 Å². The zero-order valence-electron chi connectivity index (χ0n) is 18.1. The van der Waals surface area contributed by atoms with E-state index < -0.39 is 0 Å². The second-order valence-corrected chi connectivity index (χ2v) is 8.12.